The molecule has 0 aliphatic carbocycles. The maximum absolute atomic E-state index is 10.3. The van der Waals surface area contributed by atoms with E-state index < -0.39 is 25.6 Å². The van der Waals surface area contributed by atoms with Crippen molar-refractivity contribution in [1.29, 1.82) is 0 Å². The Morgan fingerprint density at radius 3 is 1.33 bits per heavy atom. The quantitative estimate of drug-likeness (QED) is 0.130. The molecular weight excluding hydrogens is 380 g/mol. The van der Waals surface area contributed by atoms with E-state index in [1.54, 1.807) is 0 Å². The second kappa shape index (κ2) is 27.2. The van der Waals surface area contributed by atoms with Crippen molar-refractivity contribution in [3.05, 3.63) is 0 Å². The number of unbranched alkanes of at least 4 members (excludes halogenated alkanes) is 14. The first kappa shape index (κ1) is 28.2. The van der Waals surface area contributed by atoms with E-state index in [0.717, 1.165) is 12.8 Å². The van der Waals surface area contributed by atoms with Gasteiger partial charge in [0.15, 0.2) is 0 Å². The summed E-state index contributed by atoms with van der Waals surface area (Å²) in [4.78, 5) is 28.8. The van der Waals surface area contributed by atoms with E-state index in [9.17, 15) is 14.4 Å². The molecule has 0 heterocycles. The van der Waals surface area contributed by atoms with E-state index in [1.165, 1.54) is 95.6 Å². The molecule has 0 aromatic heterocycles. The van der Waals surface area contributed by atoms with Crippen LogP contribution in [-0.4, -0.2) is 23.2 Å². The molecule has 154 valence electrons. The molecule has 0 rings (SSSR count). The van der Waals surface area contributed by atoms with Crippen LogP contribution in [0.15, 0.2) is 6.95 Å². The minimum atomic E-state index is -1.08. The van der Waals surface area contributed by atoms with E-state index >= 15 is 0 Å². The van der Waals surface area contributed by atoms with Gasteiger partial charge in [-0.05, 0) is 6.42 Å². The van der Waals surface area contributed by atoms with Gasteiger partial charge in [-0.2, -0.15) is 0 Å². The molecule has 0 aromatic rings. The van der Waals surface area contributed by atoms with Crippen LogP contribution in [0.4, 0.5) is 0 Å². The third-order valence-electron chi connectivity index (χ3n) is 4.19. The summed E-state index contributed by atoms with van der Waals surface area (Å²) in [6.07, 6.45) is 22.7. The van der Waals surface area contributed by atoms with Crippen molar-refractivity contribution >= 4 is 18.1 Å². The number of hydrogen-bond acceptors (Lipinski definition) is 5. The Morgan fingerprint density at radius 1 is 0.704 bits per heavy atom. The van der Waals surface area contributed by atoms with E-state index in [2.05, 4.69) is 13.9 Å². The number of rotatable bonds is 18. The molecule has 0 amide bonds. The first-order valence-corrected chi connectivity index (χ1v) is 11.7. The van der Waals surface area contributed by atoms with Gasteiger partial charge in [-0.25, -0.2) is 0 Å². The average Bonchev–Trinajstić information content (AvgIpc) is 2.65. The number of nitrogens with zero attached hydrogens (tertiary/aromatic N) is 2. The van der Waals surface area contributed by atoms with E-state index in [-0.39, 0.29) is 0 Å². The molecule has 0 saturated carbocycles. The van der Waals surface area contributed by atoms with Crippen molar-refractivity contribution in [2.24, 2.45) is 6.95 Å². The normalized spacial score (nSPS) is 9.37. The topological polar surface area (TPSA) is 96.2 Å². The average molecular weight is 416 g/mol. The van der Waals surface area contributed by atoms with Gasteiger partial charge in [0.25, 0.3) is 0 Å². The minimum absolute atomic E-state index is 0.345. The predicted octanol–water partition coefficient (Wildman–Crippen LogP) is 5.90. The summed E-state index contributed by atoms with van der Waals surface area (Å²) >= 11 is -1.08. The molecule has 0 spiro atoms. The van der Waals surface area contributed by atoms with Crippen LogP contribution < -0.4 is 0 Å². The Kier molecular flexibility index (Phi) is 28.3. The van der Waals surface area contributed by atoms with Crippen molar-refractivity contribution in [2.45, 2.75) is 110 Å². The van der Waals surface area contributed by atoms with Crippen LogP contribution in [0.2, 0.25) is 0 Å². The van der Waals surface area contributed by atoms with Gasteiger partial charge in [0, 0.05) is 6.42 Å². The van der Waals surface area contributed by atoms with Gasteiger partial charge >= 0.3 is 54.3 Å². The van der Waals surface area contributed by atoms with Crippen LogP contribution in [0.5, 0.6) is 0 Å². The van der Waals surface area contributed by atoms with Crippen LogP contribution >= 0.6 is 0 Å². The molecule has 0 unspecified atom stereocenters. The van der Waals surface area contributed by atoms with Gasteiger partial charge in [0.1, 0.15) is 0 Å². The third-order valence-corrected chi connectivity index (χ3v) is 4.78. The molecule has 0 aromatic carbocycles. The Bertz CT molecular complexity index is 404. The summed E-state index contributed by atoms with van der Waals surface area (Å²) < 4.78 is 6.10. The molecule has 27 heavy (non-hydrogen) atoms. The van der Waals surface area contributed by atoms with Crippen LogP contribution in [0.1, 0.15) is 110 Å². The van der Waals surface area contributed by atoms with Gasteiger partial charge in [0.05, 0.1) is 0 Å². The van der Waals surface area contributed by atoms with Gasteiger partial charge in [-0.15, -0.1) is 0 Å². The molecule has 0 saturated heterocycles. The fourth-order valence-electron chi connectivity index (χ4n) is 2.71. The SMILES string of the molecule is CCCCCCCCCCCCCCCCCC(=O)O.O=C=[N][Ti][N]=C=O. The molecule has 7 heteroatoms. The number of isocyanates is 2. The van der Waals surface area contributed by atoms with E-state index in [0.29, 0.717) is 6.42 Å². The van der Waals surface area contributed by atoms with Crippen LogP contribution in [0.25, 0.3) is 0 Å². The standard InChI is InChI=1S/C18H36O2.2CNO.Ti/c1-2-3-4-5-6-7-8-9-10-11-12-13-14-15-16-17-18(19)20;2*2-1-3;/h2-17H2,1H3,(H,19,20);;;/q;2*-1;+2. The van der Waals surface area contributed by atoms with Crippen molar-refractivity contribution in [1.82, 2.24) is 0 Å². The third kappa shape index (κ3) is 33.0. The number of hydrogen-bond donors (Lipinski definition) is 1. The zero-order chi connectivity index (χ0) is 20.4. The molecule has 0 radical (unpaired) electrons. The van der Waals surface area contributed by atoms with Crippen LogP contribution in [0, 0.1) is 0 Å². The zero-order valence-electron chi connectivity index (χ0n) is 16.9. The zero-order valence-corrected chi connectivity index (χ0v) is 18.4. The maximum atomic E-state index is 10.3. The summed E-state index contributed by atoms with van der Waals surface area (Å²) in [5, 5.41) is 8.52. The molecular formula is C20H36N2O4Ti. The second-order valence-corrected chi connectivity index (χ2v) is 7.61. The first-order valence-electron chi connectivity index (χ1n) is 10.3. The molecule has 0 bridgehead atoms. The predicted molar refractivity (Wildman–Crippen MR) is 103 cm³/mol. The number of aliphatic carboxylic acids is 1. The van der Waals surface area contributed by atoms with Gasteiger partial charge < -0.3 is 5.11 Å². The number of carbonyl (C=O) groups excluding carboxylic acids is 2. The Hall–Kier alpha value is -1.06. The molecule has 0 fully saturated rings. The van der Waals surface area contributed by atoms with Crippen LogP contribution in [0.3, 0.4) is 0 Å². The Labute approximate surface area is 173 Å². The number of carboxylic acids is 1. The van der Waals surface area contributed by atoms with Gasteiger partial charge in [-0.1, -0.05) is 96.8 Å². The fraction of sp³-hybridized carbons (Fsp3) is 0.850. The molecule has 0 aliphatic heterocycles. The molecule has 0 atom stereocenters. The van der Waals surface area contributed by atoms with E-state index in [4.69, 9.17) is 5.11 Å². The summed E-state index contributed by atoms with van der Waals surface area (Å²) in [5.74, 6) is -0.653. The Balaban J connectivity index is 0. The van der Waals surface area contributed by atoms with Crippen molar-refractivity contribution in [3.8, 4) is 0 Å². The van der Waals surface area contributed by atoms with Gasteiger partial charge in [-0.3, -0.25) is 4.79 Å². The Morgan fingerprint density at radius 2 is 1.04 bits per heavy atom. The second-order valence-electron chi connectivity index (χ2n) is 6.60. The first-order chi connectivity index (χ1) is 13.2. The summed E-state index contributed by atoms with van der Waals surface area (Å²) in [6, 6.07) is 0. The van der Waals surface area contributed by atoms with Gasteiger partial charge in [0.2, 0.25) is 0 Å². The van der Waals surface area contributed by atoms with Crippen LogP contribution in [-0.2, 0) is 34.0 Å². The monoisotopic (exact) mass is 416 g/mol. The van der Waals surface area contributed by atoms with Crippen molar-refractivity contribution in [3.63, 3.8) is 0 Å². The van der Waals surface area contributed by atoms with Crippen molar-refractivity contribution < 1.29 is 39.2 Å². The molecule has 0 aliphatic rings. The fourth-order valence-corrected chi connectivity index (χ4v) is 2.92. The molecule has 6 nitrogen and oxygen atoms in total. The number of carboxylic acid groups (broad SMARTS) is 1. The number of carbonyl (C=O) groups is 1. The summed E-state index contributed by atoms with van der Waals surface area (Å²) in [5.41, 5.74) is 0. The molecule has 1 N–H and O–H groups in total. The van der Waals surface area contributed by atoms with E-state index in [1.807, 2.05) is 0 Å². The summed E-state index contributed by atoms with van der Waals surface area (Å²) in [7, 11) is 0. The summed E-state index contributed by atoms with van der Waals surface area (Å²) in [6.45, 7) is 2.27. The van der Waals surface area contributed by atoms with Crippen molar-refractivity contribution in [2.75, 3.05) is 0 Å².